The Balaban J connectivity index is 1.41. The number of hydrazone groups is 1. The zero-order valence-corrected chi connectivity index (χ0v) is 20.3. The second-order valence-electron chi connectivity index (χ2n) is 8.06. The Morgan fingerprint density at radius 2 is 1.39 bits per heavy atom. The summed E-state index contributed by atoms with van der Waals surface area (Å²) in [5.74, 6) is -0.449. The molecule has 0 aliphatic heterocycles. The molecule has 186 valence electrons. The average Bonchev–Trinajstić information content (AvgIpc) is 2.89. The molecule has 0 spiro atoms. The van der Waals surface area contributed by atoms with E-state index in [1.807, 2.05) is 12.1 Å². The number of rotatable bonds is 9. The summed E-state index contributed by atoms with van der Waals surface area (Å²) in [5.41, 5.74) is 5.15. The molecule has 9 heteroatoms. The number of nitrogens with one attached hydrogen (secondary N) is 3. The van der Waals surface area contributed by atoms with Crippen molar-refractivity contribution in [2.45, 2.75) is 19.8 Å². The summed E-state index contributed by atoms with van der Waals surface area (Å²) in [6.07, 6.45) is 1.39. The summed E-state index contributed by atoms with van der Waals surface area (Å²) in [7, 11) is 1.57. The van der Waals surface area contributed by atoms with Crippen LogP contribution in [0.5, 0.6) is 11.5 Å². The van der Waals surface area contributed by atoms with Crippen LogP contribution < -0.4 is 25.5 Å². The van der Waals surface area contributed by atoms with E-state index < -0.39 is 11.8 Å². The van der Waals surface area contributed by atoms with Gasteiger partial charge in [-0.05, 0) is 77.7 Å². The molecular weight excluding hydrogens is 460 g/mol. The second kappa shape index (κ2) is 12.7. The Hall–Kier alpha value is -4.66. The number of amides is 3. The zero-order valence-electron chi connectivity index (χ0n) is 20.3. The van der Waals surface area contributed by atoms with Gasteiger partial charge in [0.2, 0.25) is 0 Å². The Bertz CT molecular complexity index is 1200. The fourth-order valence-electron chi connectivity index (χ4n) is 3.03. The third-order valence-electron chi connectivity index (χ3n) is 5.04. The summed E-state index contributed by atoms with van der Waals surface area (Å²) >= 11 is 0. The van der Waals surface area contributed by atoms with Crippen LogP contribution in [0.3, 0.4) is 0 Å². The third kappa shape index (κ3) is 7.98. The topological polar surface area (TPSA) is 118 Å². The molecule has 0 fully saturated rings. The van der Waals surface area contributed by atoms with Gasteiger partial charge in [-0.1, -0.05) is 26.0 Å². The molecule has 0 aromatic heterocycles. The highest BCUT2D eigenvalue weighted by molar-refractivity contribution is 6.39. The minimum Gasteiger partial charge on any atom is -0.497 e. The minimum atomic E-state index is -0.887. The summed E-state index contributed by atoms with van der Waals surface area (Å²) in [6.45, 7) is 3.98. The van der Waals surface area contributed by atoms with E-state index in [4.69, 9.17) is 9.47 Å². The van der Waals surface area contributed by atoms with Gasteiger partial charge >= 0.3 is 11.8 Å². The maximum atomic E-state index is 12.1. The normalized spacial score (nSPS) is 10.7. The van der Waals surface area contributed by atoms with Crippen molar-refractivity contribution in [3.63, 3.8) is 0 Å². The quantitative estimate of drug-likeness (QED) is 0.240. The Morgan fingerprint density at radius 3 is 2.00 bits per heavy atom. The maximum absolute atomic E-state index is 12.1. The van der Waals surface area contributed by atoms with Crippen molar-refractivity contribution in [2.24, 2.45) is 5.10 Å². The number of hydrogen-bond acceptors (Lipinski definition) is 6. The highest BCUT2D eigenvalue weighted by Gasteiger charge is 2.13. The molecule has 3 N–H and O–H groups in total. The molecule has 0 unspecified atom stereocenters. The molecule has 36 heavy (non-hydrogen) atoms. The largest absolute Gasteiger partial charge is 0.497 e. The van der Waals surface area contributed by atoms with Crippen LogP contribution in [0.25, 0.3) is 0 Å². The summed E-state index contributed by atoms with van der Waals surface area (Å²) in [6, 6.07) is 21.0. The highest BCUT2D eigenvalue weighted by Crippen LogP contribution is 2.17. The van der Waals surface area contributed by atoms with Crippen molar-refractivity contribution >= 4 is 35.3 Å². The van der Waals surface area contributed by atoms with Crippen molar-refractivity contribution < 1.29 is 23.9 Å². The smallest absolute Gasteiger partial charge is 0.329 e. The van der Waals surface area contributed by atoms with Crippen molar-refractivity contribution in [3.8, 4) is 11.5 Å². The van der Waals surface area contributed by atoms with Gasteiger partial charge in [-0.2, -0.15) is 5.10 Å². The molecule has 3 amide bonds. The molecule has 0 radical (unpaired) electrons. The molecular formula is C27H28N4O5. The molecule has 3 aromatic carbocycles. The van der Waals surface area contributed by atoms with Gasteiger partial charge in [0.1, 0.15) is 11.5 Å². The van der Waals surface area contributed by atoms with Gasteiger partial charge in [0.25, 0.3) is 5.91 Å². The van der Waals surface area contributed by atoms with Crippen LogP contribution >= 0.6 is 0 Å². The van der Waals surface area contributed by atoms with Gasteiger partial charge in [-0.3, -0.25) is 14.4 Å². The lowest BCUT2D eigenvalue weighted by molar-refractivity contribution is -0.136. The van der Waals surface area contributed by atoms with E-state index in [9.17, 15) is 14.4 Å². The van der Waals surface area contributed by atoms with Gasteiger partial charge < -0.3 is 20.1 Å². The van der Waals surface area contributed by atoms with Crippen LogP contribution in [0, 0.1) is 0 Å². The third-order valence-corrected chi connectivity index (χ3v) is 5.04. The summed E-state index contributed by atoms with van der Waals surface area (Å²) in [5, 5.41) is 9.06. The first-order valence-corrected chi connectivity index (χ1v) is 11.2. The lowest BCUT2D eigenvalue weighted by atomic mass is 10.0. The number of benzene rings is 3. The molecule has 0 saturated heterocycles. The number of methoxy groups -OCH3 is 1. The molecule has 0 aliphatic rings. The van der Waals surface area contributed by atoms with Crippen LogP contribution in [-0.4, -0.2) is 37.7 Å². The van der Waals surface area contributed by atoms with Gasteiger partial charge in [0, 0.05) is 11.4 Å². The van der Waals surface area contributed by atoms with E-state index in [0.29, 0.717) is 34.4 Å². The van der Waals surface area contributed by atoms with Crippen LogP contribution in [0.4, 0.5) is 11.4 Å². The van der Waals surface area contributed by atoms with E-state index in [2.05, 4.69) is 35.0 Å². The van der Waals surface area contributed by atoms with Crippen LogP contribution in [0.1, 0.15) is 30.9 Å². The molecule has 0 saturated carbocycles. The Morgan fingerprint density at radius 1 is 0.806 bits per heavy atom. The van der Waals surface area contributed by atoms with Crippen molar-refractivity contribution in [2.75, 3.05) is 24.4 Å². The molecule has 0 heterocycles. The minimum absolute atomic E-state index is 0.162. The first-order valence-electron chi connectivity index (χ1n) is 11.2. The number of anilines is 2. The van der Waals surface area contributed by atoms with Crippen LogP contribution in [0.2, 0.25) is 0 Å². The second-order valence-corrected chi connectivity index (χ2v) is 8.06. The number of ether oxygens (including phenoxy) is 2. The first-order chi connectivity index (χ1) is 17.3. The monoisotopic (exact) mass is 488 g/mol. The number of carbonyl (C=O) groups is 3. The zero-order chi connectivity index (χ0) is 25.9. The fourth-order valence-corrected chi connectivity index (χ4v) is 3.03. The van der Waals surface area contributed by atoms with Gasteiger partial charge in [0.15, 0.2) is 6.61 Å². The number of hydrogen-bond donors (Lipinski definition) is 3. The number of carbonyl (C=O) groups excluding carboxylic acids is 3. The first kappa shape index (κ1) is 26.0. The average molecular weight is 489 g/mol. The molecule has 0 aliphatic carbocycles. The van der Waals surface area contributed by atoms with Crippen molar-refractivity contribution in [3.05, 3.63) is 83.9 Å². The van der Waals surface area contributed by atoms with Gasteiger partial charge in [0.05, 0.1) is 13.3 Å². The van der Waals surface area contributed by atoms with E-state index in [1.165, 1.54) is 6.21 Å². The van der Waals surface area contributed by atoms with Crippen LogP contribution in [-0.2, 0) is 14.4 Å². The SMILES string of the molecule is COc1ccc(NC(=O)COc2ccc(/C=N\NC(=O)C(=O)Nc3ccc(C(C)C)cc3)cc2)cc1. The highest BCUT2D eigenvalue weighted by atomic mass is 16.5. The predicted octanol–water partition coefficient (Wildman–Crippen LogP) is 3.92. The van der Waals surface area contributed by atoms with Gasteiger partial charge in [-0.15, -0.1) is 0 Å². The molecule has 0 atom stereocenters. The fraction of sp³-hybridized carbons (Fsp3) is 0.185. The molecule has 9 nitrogen and oxygen atoms in total. The summed E-state index contributed by atoms with van der Waals surface area (Å²) in [4.78, 5) is 36.1. The van der Waals surface area contributed by atoms with Gasteiger partial charge in [-0.25, -0.2) is 5.43 Å². The van der Waals surface area contributed by atoms with Crippen molar-refractivity contribution in [1.29, 1.82) is 0 Å². The Kier molecular flexibility index (Phi) is 9.16. The van der Waals surface area contributed by atoms with E-state index in [1.54, 1.807) is 67.8 Å². The van der Waals surface area contributed by atoms with Crippen LogP contribution in [0.15, 0.2) is 77.9 Å². The summed E-state index contributed by atoms with van der Waals surface area (Å²) < 4.78 is 10.6. The maximum Gasteiger partial charge on any atom is 0.329 e. The number of nitrogens with zero attached hydrogens (tertiary/aromatic N) is 1. The predicted molar refractivity (Wildman–Crippen MR) is 138 cm³/mol. The molecule has 3 rings (SSSR count). The van der Waals surface area contributed by atoms with Crippen molar-refractivity contribution in [1.82, 2.24) is 5.43 Å². The van der Waals surface area contributed by atoms with E-state index in [0.717, 1.165) is 5.56 Å². The molecule has 0 bridgehead atoms. The lowest BCUT2D eigenvalue weighted by Gasteiger charge is -2.08. The van der Waals surface area contributed by atoms with E-state index >= 15 is 0 Å². The standard InChI is InChI=1S/C27H28N4O5/c1-18(2)20-6-8-22(9-7-20)30-26(33)27(34)31-28-16-19-4-12-24(13-5-19)36-17-25(32)29-21-10-14-23(35-3)15-11-21/h4-16,18H,17H2,1-3H3,(H,29,32)(H,30,33)(H,31,34)/b28-16-. The molecule has 3 aromatic rings. The lowest BCUT2D eigenvalue weighted by Crippen LogP contribution is -2.32. The van der Waals surface area contributed by atoms with E-state index in [-0.39, 0.29) is 12.5 Å². The Labute approximate surface area is 209 Å².